The predicted octanol–water partition coefficient (Wildman–Crippen LogP) is -1.17. The summed E-state index contributed by atoms with van der Waals surface area (Å²) < 4.78 is 6.55. The Labute approximate surface area is 95.3 Å². The van der Waals surface area contributed by atoms with Crippen molar-refractivity contribution in [2.45, 2.75) is 31.5 Å². The van der Waals surface area contributed by atoms with Crippen LogP contribution in [0.3, 0.4) is 0 Å². The molecule has 1 fully saturated rings. The third-order valence-corrected chi connectivity index (χ3v) is 3.54. The summed E-state index contributed by atoms with van der Waals surface area (Å²) in [4.78, 5) is 11.3. The summed E-state index contributed by atoms with van der Waals surface area (Å²) in [7, 11) is 0. The van der Waals surface area contributed by atoms with E-state index in [1.807, 2.05) is 0 Å². The van der Waals surface area contributed by atoms with Crippen LogP contribution in [0.4, 0.5) is 0 Å². The Morgan fingerprint density at radius 2 is 2.19 bits per heavy atom. The minimum Gasteiger partial charge on any atom is -0.394 e. The fourth-order valence-electron chi connectivity index (χ4n) is 1.79. The molecule has 3 N–H and O–H groups in total. The highest BCUT2D eigenvalue weighted by atomic mass is 32.1. The van der Waals surface area contributed by atoms with E-state index in [9.17, 15) is 15.0 Å². The lowest BCUT2D eigenvalue weighted by Crippen LogP contribution is -2.34. The van der Waals surface area contributed by atoms with Crippen molar-refractivity contribution in [2.24, 2.45) is 0 Å². The number of aromatic nitrogens is 1. The van der Waals surface area contributed by atoms with Gasteiger partial charge in [0.25, 0.3) is 0 Å². The lowest BCUT2D eigenvalue weighted by Gasteiger charge is -2.16. The van der Waals surface area contributed by atoms with Crippen LogP contribution in [0.2, 0.25) is 0 Å². The molecule has 2 rings (SSSR count). The van der Waals surface area contributed by atoms with E-state index >= 15 is 0 Å². The molecule has 7 heteroatoms. The van der Waals surface area contributed by atoms with Crippen LogP contribution in [0, 0.1) is 6.92 Å². The zero-order chi connectivity index (χ0) is 11.9. The van der Waals surface area contributed by atoms with Crippen molar-refractivity contribution in [1.29, 1.82) is 0 Å². The van der Waals surface area contributed by atoms with Crippen LogP contribution >= 0.6 is 11.3 Å². The van der Waals surface area contributed by atoms with Gasteiger partial charge in [-0.25, -0.2) is 0 Å². The number of nitrogens with zero attached hydrogens (tertiary/aromatic N) is 1. The summed E-state index contributed by atoms with van der Waals surface area (Å²) in [6, 6.07) is 0. The number of hydrogen-bond acceptors (Lipinski definition) is 6. The lowest BCUT2D eigenvalue weighted by atomic mass is 10.1. The van der Waals surface area contributed by atoms with Gasteiger partial charge in [-0.2, -0.15) is 0 Å². The largest absolute Gasteiger partial charge is 0.394 e. The van der Waals surface area contributed by atoms with Crippen molar-refractivity contribution >= 4 is 11.3 Å². The van der Waals surface area contributed by atoms with Gasteiger partial charge in [0, 0.05) is 11.1 Å². The van der Waals surface area contributed by atoms with E-state index in [0.717, 1.165) is 11.3 Å². The van der Waals surface area contributed by atoms with Gasteiger partial charge in [0.05, 0.1) is 6.61 Å². The average molecular weight is 247 g/mol. The Morgan fingerprint density at radius 3 is 2.62 bits per heavy atom. The molecule has 0 bridgehead atoms. The van der Waals surface area contributed by atoms with E-state index < -0.39 is 31.1 Å². The quantitative estimate of drug-likeness (QED) is 0.612. The third kappa shape index (κ3) is 1.70. The Morgan fingerprint density at radius 1 is 1.50 bits per heavy atom. The highest BCUT2D eigenvalue weighted by Crippen LogP contribution is 2.29. The SMILES string of the molecule is Cc1csc(=O)n1[C@H]1O[C@H](CO)[C@@H](O)[C@H]1O. The van der Waals surface area contributed by atoms with Crippen molar-refractivity contribution in [3.63, 3.8) is 0 Å². The number of aliphatic hydroxyl groups is 3. The van der Waals surface area contributed by atoms with Crippen LogP contribution in [-0.2, 0) is 4.74 Å². The van der Waals surface area contributed by atoms with E-state index in [-0.39, 0.29) is 4.87 Å². The van der Waals surface area contributed by atoms with Gasteiger partial charge in [-0.1, -0.05) is 11.3 Å². The fourth-order valence-corrected chi connectivity index (χ4v) is 2.54. The van der Waals surface area contributed by atoms with Crippen LogP contribution in [0.25, 0.3) is 0 Å². The smallest absolute Gasteiger partial charge is 0.309 e. The summed E-state index contributed by atoms with van der Waals surface area (Å²) in [6.07, 6.45) is -4.17. The van der Waals surface area contributed by atoms with Gasteiger partial charge in [0.2, 0.25) is 0 Å². The molecule has 1 aliphatic rings. The topological polar surface area (TPSA) is 91.9 Å². The molecule has 2 heterocycles. The summed E-state index contributed by atoms with van der Waals surface area (Å²) in [5, 5.41) is 29.9. The number of thiazole rings is 1. The van der Waals surface area contributed by atoms with Gasteiger partial charge in [-0.15, -0.1) is 0 Å². The third-order valence-electron chi connectivity index (χ3n) is 2.68. The van der Waals surface area contributed by atoms with Crippen molar-refractivity contribution in [3.8, 4) is 0 Å². The van der Waals surface area contributed by atoms with E-state index in [0.29, 0.717) is 5.69 Å². The fraction of sp³-hybridized carbons (Fsp3) is 0.667. The molecule has 0 unspecified atom stereocenters. The molecule has 90 valence electrons. The van der Waals surface area contributed by atoms with E-state index in [1.54, 1.807) is 12.3 Å². The van der Waals surface area contributed by atoms with Crippen molar-refractivity contribution in [1.82, 2.24) is 4.57 Å². The van der Waals surface area contributed by atoms with Gasteiger partial charge >= 0.3 is 4.87 Å². The maximum atomic E-state index is 11.5. The van der Waals surface area contributed by atoms with E-state index in [4.69, 9.17) is 9.84 Å². The van der Waals surface area contributed by atoms with Crippen LogP contribution in [0.5, 0.6) is 0 Å². The number of rotatable bonds is 2. The van der Waals surface area contributed by atoms with Crippen LogP contribution in [0.15, 0.2) is 10.2 Å². The standard InChI is InChI=1S/C9H13NO5S/c1-4-3-16-9(14)10(4)8-7(13)6(12)5(2-11)15-8/h3,5-8,11-13H,2H2,1H3/t5-,6-,7-,8+/m1/s1. The van der Waals surface area contributed by atoms with E-state index in [2.05, 4.69) is 0 Å². The molecule has 0 amide bonds. The first-order valence-electron chi connectivity index (χ1n) is 4.85. The Kier molecular flexibility index (Phi) is 3.13. The Hall–Kier alpha value is -0.730. The minimum atomic E-state index is -1.21. The second kappa shape index (κ2) is 4.27. The zero-order valence-corrected chi connectivity index (χ0v) is 9.42. The second-order valence-electron chi connectivity index (χ2n) is 3.74. The number of aliphatic hydroxyl groups excluding tert-OH is 3. The number of hydrogen-bond donors (Lipinski definition) is 3. The predicted molar refractivity (Wildman–Crippen MR) is 56.3 cm³/mol. The molecule has 4 atom stereocenters. The molecule has 0 saturated carbocycles. The molecule has 16 heavy (non-hydrogen) atoms. The molecule has 1 aromatic heterocycles. The average Bonchev–Trinajstić information content (AvgIpc) is 2.72. The molecule has 1 saturated heterocycles. The molecule has 0 aliphatic carbocycles. The maximum Gasteiger partial charge on any atom is 0.309 e. The lowest BCUT2D eigenvalue weighted by molar-refractivity contribution is -0.0545. The Bertz CT molecular complexity index is 428. The molecular formula is C9H13NO5S. The summed E-state index contributed by atoms with van der Waals surface area (Å²) in [5.74, 6) is 0. The summed E-state index contributed by atoms with van der Waals surface area (Å²) in [6.45, 7) is 1.32. The zero-order valence-electron chi connectivity index (χ0n) is 8.61. The first kappa shape index (κ1) is 11.7. The molecule has 1 aromatic rings. The molecule has 0 radical (unpaired) electrons. The first-order valence-corrected chi connectivity index (χ1v) is 5.73. The van der Waals surface area contributed by atoms with Crippen LogP contribution < -0.4 is 4.87 Å². The molecule has 6 nitrogen and oxygen atoms in total. The summed E-state index contributed by atoms with van der Waals surface area (Å²) >= 11 is 1.00. The first-order chi connectivity index (χ1) is 7.56. The highest BCUT2D eigenvalue weighted by molar-refractivity contribution is 7.07. The van der Waals surface area contributed by atoms with Gasteiger partial charge in [-0.05, 0) is 6.92 Å². The minimum absolute atomic E-state index is 0.257. The van der Waals surface area contributed by atoms with Crippen LogP contribution in [-0.4, -0.2) is 44.8 Å². The molecule has 1 aliphatic heterocycles. The summed E-state index contributed by atoms with van der Waals surface area (Å²) in [5.41, 5.74) is 0.657. The molecule has 0 spiro atoms. The molecule has 0 aromatic carbocycles. The van der Waals surface area contributed by atoms with Crippen molar-refractivity contribution in [2.75, 3.05) is 6.61 Å². The van der Waals surface area contributed by atoms with Crippen molar-refractivity contribution in [3.05, 3.63) is 20.7 Å². The highest BCUT2D eigenvalue weighted by Gasteiger charge is 2.44. The van der Waals surface area contributed by atoms with Crippen LogP contribution in [0.1, 0.15) is 11.9 Å². The van der Waals surface area contributed by atoms with E-state index in [1.165, 1.54) is 4.57 Å². The maximum absolute atomic E-state index is 11.5. The Balaban J connectivity index is 2.33. The van der Waals surface area contributed by atoms with Gasteiger partial charge in [-0.3, -0.25) is 9.36 Å². The van der Waals surface area contributed by atoms with Gasteiger partial charge in [0.15, 0.2) is 6.23 Å². The monoisotopic (exact) mass is 247 g/mol. The molecular weight excluding hydrogens is 234 g/mol. The van der Waals surface area contributed by atoms with Crippen molar-refractivity contribution < 1.29 is 20.1 Å². The number of aryl methyl sites for hydroxylation is 1. The van der Waals surface area contributed by atoms with Gasteiger partial charge in [0.1, 0.15) is 18.3 Å². The second-order valence-corrected chi connectivity index (χ2v) is 4.56. The van der Waals surface area contributed by atoms with Gasteiger partial charge < -0.3 is 20.1 Å². The number of ether oxygens (including phenoxy) is 1. The normalized spacial score (nSPS) is 34.5.